The predicted octanol–water partition coefficient (Wildman–Crippen LogP) is 4.46. The van der Waals surface area contributed by atoms with Crippen LogP contribution in [0.1, 0.15) is 0 Å². The molecule has 0 aliphatic rings. The molecule has 0 fully saturated rings. The highest BCUT2D eigenvalue weighted by Crippen LogP contribution is 2.53. The van der Waals surface area contributed by atoms with E-state index in [2.05, 4.69) is 121 Å². The summed E-state index contributed by atoms with van der Waals surface area (Å²) in [7, 11) is -1.91. The van der Waals surface area contributed by atoms with Crippen molar-refractivity contribution in [3.63, 3.8) is 0 Å². The highest BCUT2D eigenvalue weighted by Gasteiger charge is 2.47. The molecule has 0 atom stereocenters. The van der Waals surface area contributed by atoms with Gasteiger partial charge in [-0.25, -0.2) is 0 Å². The van der Waals surface area contributed by atoms with Crippen LogP contribution in [0.15, 0.2) is 121 Å². The summed E-state index contributed by atoms with van der Waals surface area (Å²) in [6.45, 7) is 0. The zero-order valence-electron chi connectivity index (χ0n) is 14.4. The highest BCUT2D eigenvalue weighted by molar-refractivity contribution is 8.01. The Kier molecular flexibility index (Phi) is 5.61. The van der Waals surface area contributed by atoms with E-state index in [-0.39, 0.29) is 4.70 Å². The smallest absolute Gasteiger partial charge is 0.144 e. The van der Waals surface area contributed by atoms with E-state index in [0.717, 1.165) is 0 Å². The summed E-state index contributed by atoms with van der Waals surface area (Å²) >= 11 is 0. The standard InChI is InChI=1S/C24H20P.FH/c1-5-13-21(14-6-1)25(22-15-7-2-8-16-22,23-17-9-3-10-18-23)24-19-11-4-12-20-24;/h1-20H;1H/q+1;. The van der Waals surface area contributed by atoms with E-state index in [4.69, 9.17) is 0 Å². The summed E-state index contributed by atoms with van der Waals surface area (Å²) < 4.78 is 0. The van der Waals surface area contributed by atoms with Crippen molar-refractivity contribution in [2.24, 2.45) is 0 Å². The summed E-state index contributed by atoms with van der Waals surface area (Å²) in [6.07, 6.45) is 0. The third kappa shape index (κ3) is 3.07. The summed E-state index contributed by atoms with van der Waals surface area (Å²) in [6, 6.07) is 43.8. The van der Waals surface area contributed by atoms with E-state index < -0.39 is 7.26 Å². The maximum Gasteiger partial charge on any atom is 0.144 e. The molecule has 4 rings (SSSR count). The lowest BCUT2D eigenvalue weighted by atomic mass is 10.3. The Hall–Kier alpha value is -2.76. The first-order chi connectivity index (χ1) is 12.4. The Bertz CT molecular complexity index is 759. The van der Waals surface area contributed by atoms with Crippen molar-refractivity contribution in [2.75, 3.05) is 0 Å². The molecule has 0 aromatic heterocycles. The zero-order valence-corrected chi connectivity index (χ0v) is 15.3. The molecular formula is C24H21FP+. The molecule has 0 heterocycles. The minimum atomic E-state index is -1.91. The second-order valence-corrected chi connectivity index (χ2v) is 9.42. The minimum absolute atomic E-state index is 0. The van der Waals surface area contributed by atoms with Gasteiger partial charge in [-0.15, -0.1) is 0 Å². The van der Waals surface area contributed by atoms with E-state index in [0.29, 0.717) is 0 Å². The Morgan fingerprint density at radius 2 is 0.500 bits per heavy atom. The van der Waals surface area contributed by atoms with Gasteiger partial charge in [-0.2, -0.15) is 0 Å². The third-order valence-electron chi connectivity index (χ3n) is 4.57. The fraction of sp³-hybridized carbons (Fsp3) is 0. The van der Waals surface area contributed by atoms with Crippen LogP contribution in [-0.2, 0) is 0 Å². The van der Waals surface area contributed by atoms with Gasteiger partial charge in [0.2, 0.25) is 0 Å². The molecular weight excluding hydrogens is 338 g/mol. The van der Waals surface area contributed by atoms with E-state index in [1.807, 2.05) is 0 Å². The van der Waals surface area contributed by atoms with Crippen LogP contribution in [0, 0.1) is 0 Å². The molecule has 0 radical (unpaired) electrons. The van der Waals surface area contributed by atoms with E-state index in [1.165, 1.54) is 21.2 Å². The molecule has 26 heavy (non-hydrogen) atoms. The topological polar surface area (TPSA) is 0 Å². The average Bonchev–Trinajstić information content (AvgIpc) is 2.72. The van der Waals surface area contributed by atoms with Crippen molar-refractivity contribution in [1.29, 1.82) is 0 Å². The molecule has 2 heteroatoms. The van der Waals surface area contributed by atoms with Gasteiger partial charge in [0.1, 0.15) is 28.5 Å². The SMILES string of the molecule is F.c1ccc([P+](c2ccccc2)(c2ccccc2)c2ccccc2)cc1. The fourth-order valence-electron chi connectivity index (χ4n) is 3.50. The quantitative estimate of drug-likeness (QED) is 0.472. The molecule has 0 spiro atoms. The highest BCUT2D eigenvalue weighted by atomic mass is 31.2. The van der Waals surface area contributed by atoms with Crippen molar-refractivity contribution in [3.8, 4) is 0 Å². The Labute approximate surface area is 154 Å². The van der Waals surface area contributed by atoms with Gasteiger partial charge < -0.3 is 0 Å². The van der Waals surface area contributed by atoms with Crippen LogP contribution in [0.4, 0.5) is 4.70 Å². The summed E-state index contributed by atoms with van der Waals surface area (Å²) in [5.41, 5.74) is 0. The van der Waals surface area contributed by atoms with Crippen LogP contribution in [0.5, 0.6) is 0 Å². The van der Waals surface area contributed by atoms with Gasteiger partial charge in [0.25, 0.3) is 0 Å². The van der Waals surface area contributed by atoms with Gasteiger partial charge >= 0.3 is 0 Å². The average molecular weight is 359 g/mol. The Balaban J connectivity index is 0.00000196. The first-order valence-corrected chi connectivity index (χ1v) is 10.3. The summed E-state index contributed by atoms with van der Waals surface area (Å²) in [5.74, 6) is 0. The van der Waals surface area contributed by atoms with Crippen molar-refractivity contribution in [3.05, 3.63) is 121 Å². The second kappa shape index (κ2) is 8.08. The lowest BCUT2D eigenvalue weighted by molar-refractivity contribution is 1.11. The molecule has 0 nitrogen and oxygen atoms in total. The third-order valence-corrected chi connectivity index (χ3v) is 8.86. The van der Waals surface area contributed by atoms with Gasteiger partial charge in [-0.1, -0.05) is 72.8 Å². The first-order valence-electron chi connectivity index (χ1n) is 8.54. The van der Waals surface area contributed by atoms with Crippen molar-refractivity contribution >= 4 is 28.5 Å². The van der Waals surface area contributed by atoms with Crippen LogP contribution in [0.2, 0.25) is 0 Å². The molecule has 0 amide bonds. The summed E-state index contributed by atoms with van der Waals surface area (Å²) in [4.78, 5) is 0. The normalized spacial score (nSPS) is 10.8. The largest absolute Gasteiger partial charge is 0.269 e. The fourth-order valence-corrected chi connectivity index (χ4v) is 7.77. The van der Waals surface area contributed by atoms with Crippen LogP contribution >= 0.6 is 7.26 Å². The number of hydrogen-bond acceptors (Lipinski definition) is 0. The molecule has 4 aromatic rings. The number of hydrogen-bond donors (Lipinski definition) is 0. The van der Waals surface area contributed by atoms with Gasteiger partial charge in [-0.05, 0) is 48.5 Å². The zero-order chi connectivity index (χ0) is 17.0. The molecule has 0 bridgehead atoms. The van der Waals surface area contributed by atoms with Gasteiger partial charge in [-0.3, -0.25) is 4.70 Å². The Morgan fingerprint density at radius 1 is 0.308 bits per heavy atom. The van der Waals surface area contributed by atoms with Gasteiger partial charge in [0.15, 0.2) is 0 Å². The maximum atomic E-state index is 2.28. The Morgan fingerprint density at radius 3 is 0.692 bits per heavy atom. The van der Waals surface area contributed by atoms with Crippen LogP contribution in [-0.4, -0.2) is 0 Å². The van der Waals surface area contributed by atoms with Crippen LogP contribution < -0.4 is 21.2 Å². The minimum Gasteiger partial charge on any atom is -0.269 e. The van der Waals surface area contributed by atoms with Crippen LogP contribution in [0.25, 0.3) is 0 Å². The molecule has 0 unspecified atom stereocenters. The molecule has 0 saturated carbocycles. The number of halogens is 1. The second-order valence-electron chi connectivity index (χ2n) is 6.01. The van der Waals surface area contributed by atoms with E-state index in [1.54, 1.807) is 0 Å². The lowest BCUT2D eigenvalue weighted by Gasteiger charge is -2.27. The molecule has 128 valence electrons. The molecule has 0 aliphatic heterocycles. The van der Waals surface area contributed by atoms with Gasteiger partial charge in [0.05, 0.1) is 0 Å². The molecule has 4 aromatic carbocycles. The number of rotatable bonds is 4. The van der Waals surface area contributed by atoms with E-state index >= 15 is 0 Å². The van der Waals surface area contributed by atoms with Gasteiger partial charge in [0, 0.05) is 0 Å². The molecule has 0 N–H and O–H groups in total. The van der Waals surface area contributed by atoms with Crippen LogP contribution in [0.3, 0.4) is 0 Å². The number of benzene rings is 4. The van der Waals surface area contributed by atoms with Crippen molar-refractivity contribution in [1.82, 2.24) is 0 Å². The van der Waals surface area contributed by atoms with Crippen molar-refractivity contribution < 1.29 is 4.70 Å². The predicted molar refractivity (Wildman–Crippen MR) is 114 cm³/mol. The lowest BCUT2D eigenvalue weighted by Crippen LogP contribution is -2.38. The van der Waals surface area contributed by atoms with Crippen molar-refractivity contribution in [2.45, 2.75) is 0 Å². The summed E-state index contributed by atoms with van der Waals surface area (Å²) in [5, 5.41) is 5.55. The van der Waals surface area contributed by atoms with E-state index in [9.17, 15) is 0 Å². The molecule has 0 saturated heterocycles. The molecule has 0 aliphatic carbocycles. The first kappa shape index (κ1) is 18.0. The monoisotopic (exact) mass is 359 g/mol. The maximum absolute atomic E-state index is 2.28.